The summed E-state index contributed by atoms with van der Waals surface area (Å²) in [7, 11) is -9.78. The van der Waals surface area contributed by atoms with Gasteiger partial charge >= 0.3 is 20.8 Å². The molecule has 24 heavy (non-hydrogen) atoms. The average molecular weight is 380 g/mol. The fraction of sp³-hybridized carbons (Fsp3) is 0.778. The van der Waals surface area contributed by atoms with Crippen molar-refractivity contribution in [2.45, 2.75) is 18.9 Å². The summed E-state index contributed by atoms with van der Waals surface area (Å²) in [5.74, 6) is -1.73. The Morgan fingerprint density at radius 1 is 1.00 bits per heavy atom. The maximum absolute atomic E-state index is 12.1. The van der Waals surface area contributed by atoms with Crippen LogP contribution in [0.25, 0.3) is 0 Å². The molecule has 0 amide bonds. The Bertz CT molecular complexity index is 846. The fourth-order valence-corrected chi connectivity index (χ4v) is 5.15. The molecule has 1 fully saturated rings. The number of azo groups is 1. The molecule has 0 aromatic rings. The molecule has 0 bridgehead atoms. The second kappa shape index (κ2) is 4.92. The number of fused-ring (bicyclic) bond motifs is 4. The predicted octanol–water partition coefficient (Wildman–Crippen LogP) is -1.61. The molecule has 0 aromatic heterocycles. The molecule has 1 unspecified atom stereocenters. The van der Waals surface area contributed by atoms with Crippen LogP contribution in [0.3, 0.4) is 0 Å². The van der Waals surface area contributed by atoms with E-state index >= 15 is 0 Å². The molecule has 4 aliphatic heterocycles. The summed E-state index contributed by atoms with van der Waals surface area (Å²) in [6.45, 7) is 2.40. The molecule has 0 radical (unpaired) electrons. The first-order valence-electron chi connectivity index (χ1n) is 6.89. The summed E-state index contributed by atoms with van der Waals surface area (Å²) >= 11 is 0. The van der Waals surface area contributed by atoms with Gasteiger partial charge < -0.3 is 0 Å². The Morgan fingerprint density at radius 3 is 2.08 bits per heavy atom. The summed E-state index contributed by atoms with van der Waals surface area (Å²) < 4.78 is 61.8. The molecule has 0 N–H and O–H groups in total. The standard InChI is InChI=1S/C9H12N6O7S2/c1-6-9(21-24(18,19)22-23(16,17)20-6)14-4-2-10-7(14)12-13-8-11-3-5-15(8)9/h6H,2-5H2,1H3. The zero-order chi connectivity index (χ0) is 17.2. The van der Waals surface area contributed by atoms with E-state index in [2.05, 4.69) is 23.8 Å². The van der Waals surface area contributed by atoms with Crippen LogP contribution in [-0.4, -0.2) is 76.7 Å². The topological polar surface area (TPSA) is 152 Å². The van der Waals surface area contributed by atoms with Crippen LogP contribution in [0.4, 0.5) is 0 Å². The molecule has 4 rings (SSSR count). The van der Waals surface area contributed by atoms with Gasteiger partial charge in [-0.2, -0.15) is 21.0 Å². The van der Waals surface area contributed by atoms with Crippen molar-refractivity contribution >= 4 is 32.7 Å². The highest BCUT2D eigenvalue weighted by atomic mass is 32.3. The van der Waals surface area contributed by atoms with Gasteiger partial charge in [0.25, 0.3) is 5.85 Å². The quantitative estimate of drug-likeness (QED) is 0.483. The lowest BCUT2D eigenvalue weighted by molar-refractivity contribution is -0.179. The Balaban J connectivity index is 1.95. The number of rotatable bonds is 0. The number of hydrogen-bond donors (Lipinski definition) is 0. The van der Waals surface area contributed by atoms with E-state index in [-0.39, 0.29) is 25.0 Å². The van der Waals surface area contributed by atoms with Crippen molar-refractivity contribution in [1.29, 1.82) is 0 Å². The van der Waals surface area contributed by atoms with Crippen molar-refractivity contribution < 1.29 is 28.8 Å². The summed E-state index contributed by atoms with van der Waals surface area (Å²) in [4.78, 5) is 11.0. The maximum Gasteiger partial charge on any atom is 0.420 e. The summed E-state index contributed by atoms with van der Waals surface area (Å²) in [5.41, 5.74) is 0. The third-order valence-electron chi connectivity index (χ3n) is 3.82. The lowest BCUT2D eigenvalue weighted by Crippen LogP contribution is -2.69. The van der Waals surface area contributed by atoms with E-state index in [0.717, 1.165) is 0 Å². The number of aliphatic imine (C=N–C) groups is 2. The zero-order valence-corrected chi connectivity index (χ0v) is 13.9. The molecule has 0 aliphatic carbocycles. The Hall–Kier alpha value is -1.68. The van der Waals surface area contributed by atoms with Crippen molar-refractivity contribution in [3.63, 3.8) is 0 Å². The predicted molar refractivity (Wildman–Crippen MR) is 76.2 cm³/mol. The molecule has 0 saturated carbocycles. The smallest absolute Gasteiger partial charge is 0.289 e. The molecule has 1 spiro atoms. The minimum Gasteiger partial charge on any atom is -0.289 e. The minimum atomic E-state index is -4.95. The lowest BCUT2D eigenvalue weighted by atomic mass is 10.2. The van der Waals surface area contributed by atoms with Crippen LogP contribution in [0.5, 0.6) is 0 Å². The third-order valence-corrected chi connectivity index (χ3v) is 6.13. The highest BCUT2D eigenvalue weighted by molar-refractivity contribution is 7.95. The van der Waals surface area contributed by atoms with E-state index < -0.39 is 32.8 Å². The van der Waals surface area contributed by atoms with Crippen molar-refractivity contribution in [3.05, 3.63) is 0 Å². The van der Waals surface area contributed by atoms with Crippen molar-refractivity contribution in [2.24, 2.45) is 20.2 Å². The number of guanidine groups is 2. The van der Waals surface area contributed by atoms with E-state index in [1.807, 2.05) is 0 Å². The van der Waals surface area contributed by atoms with Crippen LogP contribution in [0.2, 0.25) is 0 Å². The zero-order valence-electron chi connectivity index (χ0n) is 12.3. The second-order valence-corrected chi connectivity index (χ2v) is 7.77. The first-order chi connectivity index (χ1) is 11.2. The van der Waals surface area contributed by atoms with Gasteiger partial charge in [-0.3, -0.25) is 9.80 Å². The Morgan fingerprint density at radius 2 is 1.54 bits per heavy atom. The molecule has 13 nitrogen and oxygen atoms in total. The molecular formula is C9H12N6O7S2. The first kappa shape index (κ1) is 15.8. The normalized spacial score (nSPS) is 32.6. The van der Waals surface area contributed by atoms with Gasteiger partial charge in [-0.1, -0.05) is 0 Å². The van der Waals surface area contributed by atoms with Crippen molar-refractivity contribution in [2.75, 3.05) is 26.2 Å². The van der Waals surface area contributed by atoms with Crippen LogP contribution in [0, 0.1) is 0 Å². The third kappa shape index (κ3) is 2.23. The van der Waals surface area contributed by atoms with Gasteiger partial charge in [-0.15, -0.1) is 13.9 Å². The van der Waals surface area contributed by atoms with Gasteiger partial charge in [0.15, 0.2) is 0 Å². The van der Waals surface area contributed by atoms with Crippen LogP contribution < -0.4 is 0 Å². The van der Waals surface area contributed by atoms with E-state index in [4.69, 9.17) is 8.37 Å². The molecule has 1 atom stereocenters. The van der Waals surface area contributed by atoms with Crippen LogP contribution in [0.15, 0.2) is 20.2 Å². The highest BCUT2D eigenvalue weighted by Gasteiger charge is 2.61. The van der Waals surface area contributed by atoms with Gasteiger partial charge in [0.1, 0.15) is 6.10 Å². The summed E-state index contributed by atoms with van der Waals surface area (Å²) in [6, 6.07) is 0. The molecule has 0 aromatic carbocycles. The van der Waals surface area contributed by atoms with Crippen LogP contribution >= 0.6 is 0 Å². The number of hydrogen-bond acceptors (Lipinski definition) is 13. The minimum absolute atomic E-state index is 0.0945. The molecule has 132 valence electrons. The van der Waals surface area contributed by atoms with Gasteiger partial charge in [0.05, 0.1) is 13.1 Å². The number of nitrogens with zero attached hydrogens (tertiary/aromatic N) is 6. The molecule has 4 aliphatic rings. The molecular weight excluding hydrogens is 368 g/mol. The van der Waals surface area contributed by atoms with Gasteiger partial charge in [-0.25, -0.2) is 14.2 Å². The maximum atomic E-state index is 12.1. The van der Waals surface area contributed by atoms with E-state index in [1.165, 1.54) is 16.7 Å². The van der Waals surface area contributed by atoms with Crippen LogP contribution in [-0.2, 0) is 32.8 Å². The molecule has 1 saturated heterocycles. The Labute approximate surface area is 137 Å². The summed E-state index contributed by atoms with van der Waals surface area (Å²) in [5, 5.41) is 7.87. The fourth-order valence-electron chi connectivity index (χ4n) is 3.00. The highest BCUT2D eigenvalue weighted by Crippen LogP contribution is 2.39. The van der Waals surface area contributed by atoms with Gasteiger partial charge in [-0.05, 0) is 6.92 Å². The van der Waals surface area contributed by atoms with E-state index in [1.54, 1.807) is 0 Å². The van der Waals surface area contributed by atoms with Gasteiger partial charge in [0.2, 0.25) is 11.9 Å². The van der Waals surface area contributed by atoms with Gasteiger partial charge in [0, 0.05) is 13.1 Å². The first-order valence-corrected chi connectivity index (χ1v) is 9.56. The van der Waals surface area contributed by atoms with Crippen molar-refractivity contribution in [3.8, 4) is 0 Å². The lowest BCUT2D eigenvalue weighted by Gasteiger charge is -2.46. The molecule has 4 heterocycles. The second-order valence-electron chi connectivity index (χ2n) is 5.23. The van der Waals surface area contributed by atoms with E-state index in [0.29, 0.717) is 13.1 Å². The Kier molecular flexibility index (Phi) is 3.24. The molecule has 15 heteroatoms. The van der Waals surface area contributed by atoms with Crippen molar-refractivity contribution in [1.82, 2.24) is 9.80 Å². The monoisotopic (exact) mass is 380 g/mol. The SMILES string of the molecule is CC1OS(=O)(=O)OS(=O)(=O)OC12N1CCN=C1N=NC1=NCCN12. The summed E-state index contributed by atoms with van der Waals surface area (Å²) in [6.07, 6.45) is -1.31. The largest absolute Gasteiger partial charge is 0.420 e. The average Bonchev–Trinajstić information content (AvgIpc) is 3.06. The van der Waals surface area contributed by atoms with Crippen LogP contribution in [0.1, 0.15) is 6.92 Å². The van der Waals surface area contributed by atoms with E-state index in [9.17, 15) is 16.8 Å².